The molecule has 0 saturated carbocycles. The number of hydrogen-bond acceptors (Lipinski definition) is 3. The molecule has 0 bridgehead atoms. The van der Waals surface area contributed by atoms with Crippen molar-refractivity contribution in [2.24, 2.45) is 0 Å². The van der Waals surface area contributed by atoms with E-state index in [4.69, 9.17) is 0 Å². The van der Waals surface area contributed by atoms with Crippen LogP contribution in [0.15, 0.2) is 18.3 Å². The van der Waals surface area contributed by atoms with Crippen molar-refractivity contribution in [3.8, 4) is 0 Å². The predicted octanol–water partition coefficient (Wildman–Crippen LogP) is 0.936. The third-order valence-corrected chi connectivity index (χ3v) is 1.84. The fraction of sp³-hybridized carbons (Fsp3) is 0.250. The van der Waals surface area contributed by atoms with E-state index in [1.54, 1.807) is 6.20 Å². The molecule has 0 aliphatic carbocycles. The Morgan fingerprint density at radius 2 is 2.36 bits per heavy atom. The minimum atomic E-state index is 1.00. The van der Waals surface area contributed by atoms with Gasteiger partial charge in [0.1, 0.15) is 5.82 Å². The fourth-order valence-electron chi connectivity index (χ4n) is 1.32. The van der Waals surface area contributed by atoms with E-state index >= 15 is 0 Å². The molecule has 0 aromatic carbocycles. The molecule has 0 fully saturated rings. The summed E-state index contributed by atoms with van der Waals surface area (Å²) in [5.41, 5.74) is 4.36. The maximum atomic E-state index is 4.23. The molecule has 57 valence electrons. The van der Waals surface area contributed by atoms with E-state index in [9.17, 15) is 0 Å². The molecule has 3 nitrogen and oxygen atoms in total. The summed E-state index contributed by atoms with van der Waals surface area (Å²) in [4.78, 5) is 4.23. The summed E-state index contributed by atoms with van der Waals surface area (Å²) in [6, 6.07) is 5.17. The Bertz CT molecular complexity index is 245. The number of nitrogens with one attached hydrogen (secondary N) is 1. The lowest BCUT2D eigenvalue weighted by Crippen LogP contribution is -2.29. The quantitative estimate of drug-likeness (QED) is 0.593. The molecule has 1 aliphatic heterocycles. The number of pyridine rings is 1. The molecule has 3 heteroatoms. The SMILES string of the molecule is C[C]1NN(C)c2ncccc21. The van der Waals surface area contributed by atoms with Gasteiger partial charge in [-0.05, 0) is 13.0 Å². The minimum Gasteiger partial charge on any atom is -0.294 e. The largest absolute Gasteiger partial charge is 0.294 e. The van der Waals surface area contributed by atoms with E-state index < -0.39 is 0 Å². The number of nitrogens with zero attached hydrogens (tertiary/aromatic N) is 2. The smallest absolute Gasteiger partial charge is 0.147 e. The second kappa shape index (κ2) is 2.20. The molecule has 1 aliphatic rings. The maximum Gasteiger partial charge on any atom is 0.147 e. The van der Waals surface area contributed by atoms with E-state index in [1.165, 1.54) is 5.56 Å². The van der Waals surface area contributed by atoms with Crippen LogP contribution in [0.1, 0.15) is 12.5 Å². The van der Waals surface area contributed by atoms with E-state index in [0.717, 1.165) is 11.9 Å². The van der Waals surface area contributed by atoms with Crippen LogP contribution in [0.2, 0.25) is 0 Å². The summed E-state index contributed by atoms with van der Waals surface area (Å²) >= 11 is 0. The van der Waals surface area contributed by atoms with Gasteiger partial charge in [0.25, 0.3) is 0 Å². The number of hydrogen-bond donors (Lipinski definition) is 1. The van der Waals surface area contributed by atoms with Gasteiger partial charge in [0.05, 0.1) is 6.04 Å². The highest BCUT2D eigenvalue weighted by atomic mass is 15.5. The number of hydrazine groups is 1. The van der Waals surface area contributed by atoms with Gasteiger partial charge in [-0.1, -0.05) is 6.07 Å². The molecular formula is C8H10N3. The first-order valence-electron chi connectivity index (χ1n) is 3.58. The molecule has 1 aromatic heterocycles. The van der Waals surface area contributed by atoms with Crippen LogP contribution in [0.3, 0.4) is 0 Å². The molecule has 1 aromatic rings. The highest BCUT2D eigenvalue weighted by molar-refractivity contribution is 5.56. The Hall–Kier alpha value is -1.09. The molecule has 1 N–H and O–H groups in total. The molecule has 0 atom stereocenters. The van der Waals surface area contributed by atoms with Gasteiger partial charge in [-0.25, -0.2) is 10.4 Å². The van der Waals surface area contributed by atoms with Crippen molar-refractivity contribution in [2.75, 3.05) is 12.1 Å². The fourth-order valence-corrected chi connectivity index (χ4v) is 1.32. The van der Waals surface area contributed by atoms with Gasteiger partial charge in [-0.15, -0.1) is 0 Å². The Labute approximate surface area is 66.0 Å². The number of rotatable bonds is 0. The molecule has 0 amide bonds. The van der Waals surface area contributed by atoms with Crippen LogP contribution in [-0.4, -0.2) is 12.0 Å². The first-order valence-corrected chi connectivity index (χ1v) is 3.58. The summed E-state index contributed by atoms with van der Waals surface area (Å²) in [6.45, 7) is 2.05. The van der Waals surface area contributed by atoms with E-state index in [0.29, 0.717) is 0 Å². The molecule has 0 unspecified atom stereocenters. The van der Waals surface area contributed by atoms with Crippen molar-refractivity contribution in [3.05, 3.63) is 29.9 Å². The van der Waals surface area contributed by atoms with Gasteiger partial charge < -0.3 is 0 Å². The summed E-state index contributed by atoms with van der Waals surface area (Å²) in [6.07, 6.45) is 1.80. The van der Waals surface area contributed by atoms with Gasteiger partial charge in [0, 0.05) is 18.8 Å². The lowest BCUT2D eigenvalue weighted by Gasteiger charge is -2.10. The van der Waals surface area contributed by atoms with Crippen LogP contribution >= 0.6 is 0 Å². The van der Waals surface area contributed by atoms with Crippen LogP contribution in [0, 0.1) is 6.04 Å². The van der Waals surface area contributed by atoms with Crippen LogP contribution in [0.4, 0.5) is 5.82 Å². The van der Waals surface area contributed by atoms with Crippen LogP contribution < -0.4 is 10.4 Å². The third kappa shape index (κ3) is 0.886. The predicted molar refractivity (Wildman–Crippen MR) is 43.8 cm³/mol. The van der Waals surface area contributed by atoms with Crippen molar-refractivity contribution in [1.29, 1.82) is 0 Å². The summed E-state index contributed by atoms with van der Waals surface area (Å²) in [5.74, 6) is 1.00. The van der Waals surface area contributed by atoms with E-state index in [2.05, 4.69) is 16.5 Å². The van der Waals surface area contributed by atoms with Crippen molar-refractivity contribution < 1.29 is 0 Å². The lowest BCUT2D eigenvalue weighted by molar-refractivity contribution is 0.763. The van der Waals surface area contributed by atoms with Gasteiger partial charge in [0.15, 0.2) is 0 Å². The number of anilines is 1. The topological polar surface area (TPSA) is 28.2 Å². The first-order chi connectivity index (χ1) is 5.29. The standard InChI is InChI=1S/C8H10N3/c1-6-7-4-3-5-9-8(7)11(2)10-6/h3-5,10H,1-2H3. The van der Waals surface area contributed by atoms with Crippen molar-refractivity contribution in [2.45, 2.75) is 6.92 Å². The molecule has 0 spiro atoms. The Morgan fingerprint density at radius 1 is 1.55 bits per heavy atom. The molecular weight excluding hydrogens is 138 g/mol. The average Bonchev–Trinajstić information content (AvgIpc) is 2.30. The van der Waals surface area contributed by atoms with E-state index in [1.807, 2.05) is 25.0 Å². The third-order valence-electron chi connectivity index (χ3n) is 1.84. The van der Waals surface area contributed by atoms with Crippen molar-refractivity contribution in [1.82, 2.24) is 10.4 Å². The zero-order valence-electron chi connectivity index (χ0n) is 6.63. The zero-order valence-corrected chi connectivity index (χ0v) is 6.63. The highest BCUT2D eigenvalue weighted by Crippen LogP contribution is 2.27. The molecule has 11 heavy (non-hydrogen) atoms. The second-order valence-electron chi connectivity index (χ2n) is 2.67. The highest BCUT2D eigenvalue weighted by Gasteiger charge is 2.23. The second-order valence-corrected chi connectivity index (χ2v) is 2.67. The van der Waals surface area contributed by atoms with Gasteiger partial charge in [-0.2, -0.15) is 0 Å². The monoisotopic (exact) mass is 148 g/mol. The lowest BCUT2D eigenvalue weighted by atomic mass is 10.1. The Morgan fingerprint density at radius 3 is 3.09 bits per heavy atom. The van der Waals surface area contributed by atoms with Gasteiger partial charge >= 0.3 is 0 Å². The van der Waals surface area contributed by atoms with Crippen molar-refractivity contribution in [3.63, 3.8) is 0 Å². The van der Waals surface area contributed by atoms with Gasteiger partial charge in [-0.3, -0.25) is 5.01 Å². The Kier molecular flexibility index (Phi) is 1.32. The van der Waals surface area contributed by atoms with Crippen molar-refractivity contribution >= 4 is 5.82 Å². The maximum absolute atomic E-state index is 4.23. The van der Waals surface area contributed by atoms with Crippen LogP contribution in [0.25, 0.3) is 0 Å². The molecule has 1 radical (unpaired) electrons. The number of aromatic nitrogens is 1. The summed E-state index contributed by atoms with van der Waals surface area (Å²) in [7, 11) is 1.96. The summed E-state index contributed by atoms with van der Waals surface area (Å²) in [5, 5.41) is 1.92. The summed E-state index contributed by atoms with van der Waals surface area (Å²) < 4.78 is 0. The molecule has 2 heterocycles. The Balaban J connectivity index is 2.52. The van der Waals surface area contributed by atoms with Crippen LogP contribution in [-0.2, 0) is 0 Å². The molecule has 2 rings (SSSR count). The van der Waals surface area contributed by atoms with Gasteiger partial charge in [0.2, 0.25) is 0 Å². The van der Waals surface area contributed by atoms with Crippen LogP contribution in [0.5, 0.6) is 0 Å². The minimum absolute atomic E-state index is 1.00. The van der Waals surface area contributed by atoms with E-state index in [-0.39, 0.29) is 0 Å². The molecule has 0 saturated heterocycles. The first kappa shape index (κ1) is 6.61. The normalized spacial score (nSPS) is 17.1. The average molecular weight is 148 g/mol. The number of fused-ring (bicyclic) bond motifs is 1. The zero-order chi connectivity index (χ0) is 7.84.